The van der Waals surface area contributed by atoms with E-state index in [0.29, 0.717) is 17.1 Å². The number of hydrogen-bond acceptors (Lipinski definition) is 3. The Balaban J connectivity index is 2.20. The number of halogens is 2. The molecule has 0 N–H and O–H groups in total. The van der Waals surface area contributed by atoms with E-state index in [1.54, 1.807) is 11.3 Å². The largest absolute Gasteiger partial charge is 0.345 e. The van der Waals surface area contributed by atoms with Crippen LogP contribution in [0.3, 0.4) is 0 Å². The first-order valence-corrected chi connectivity index (χ1v) is 7.47. The molecule has 1 saturated heterocycles. The highest BCUT2D eigenvalue weighted by molar-refractivity contribution is 7.16. The van der Waals surface area contributed by atoms with Crippen molar-refractivity contribution < 1.29 is 0 Å². The maximum Gasteiger partial charge on any atom is 0.187 e. The summed E-state index contributed by atoms with van der Waals surface area (Å²) >= 11 is 13.5. The van der Waals surface area contributed by atoms with Crippen LogP contribution >= 0.6 is 34.5 Å². The lowest BCUT2D eigenvalue weighted by Gasteiger charge is -2.34. The third kappa shape index (κ3) is 2.47. The molecule has 2 heterocycles. The van der Waals surface area contributed by atoms with Crippen LogP contribution in [0.2, 0.25) is 5.15 Å². The van der Waals surface area contributed by atoms with Crippen LogP contribution in [0.1, 0.15) is 37.5 Å². The Labute approximate surface area is 111 Å². The second kappa shape index (κ2) is 5.56. The Morgan fingerprint density at radius 3 is 2.94 bits per heavy atom. The van der Waals surface area contributed by atoms with Crippen LogP contribution in [0, 0.1) is 0 Å². The summed E-state index contributed by atoms with van der Waals surface area (Å²) in [5.41, 5.74) is 0. The van der Waals surface area contributed by atoms with Crippen LogP contribution in [0.4, 0.5) is 5.13 Å². The van der Waals surface area contributed by atoms with Crippen LogP contribution < -0.4 is 4.90 Å². The molecule has 0 amide bonds. The van der Waals surface area contributed by atoms with E-state index in [2.05, 4.69) is 16.8 Å². The lowest BCUT2D eigenvalue weighted by atomic mass is 10.0. The van der Waals surface area contributed by atoms with Gasteiger partial charge in [-0.15, -0.1) is 11.6 Å². The van der Waals surface area contributed by atoms with Crippen LogP contribution in [-0.4, -0.2) is 17.6 Å². The van der Waals surface area contributed by atoms with Gasteiger partial charge in [-0.3, -0.25) is 0 Å². The summed E-state index contributed by atoms with van der Waals surface area (Å²) < 4.78 is 0. The van der Waals surface area contributed by atoms with Gasteiger partial charge in [-0.25, -0.2) is 4.98 Å². The number of alkyl halides is 1. The first-order chi connectivity index (χ1) is 7.76. The van der Waals surface area contributed by atoms with Crippen molar-refractivity contribution in [1.82, 2.24) is 4.98 Å². The highest BCUT2D eigenvalue weighted by atomic mass is 35.5. The van der Waals surface area contributed by atoms with Gasteiger partial charge in [0, 0.05) is 12.6 Å². The zero-order chi connectivity index (χ0) is 11.5. The average molecular weight is 279 g/mol. The zero-order valence-corrected chi connectivity index (χ0v) is 11.7. The second-order valence-corrected chi connectivity index (χ2v) is 5.78. The molecule has 0 aromatic carbocycles. The Kier molecular flexibility index (Phi) is 4.34. The van der Waals surface area contributed by atoms with Gasteiger partial charge in [0.05, 0.1) is 10.8 Å². The summed E-state index contributed by atoms with van der Waals surface area (Å²) in [6, 6.07) is 0.624. The topological polar surface area (TPSA) is 16.1 Å². The first-order valence-electron chi connectivity index (χ1n) is 5.74. The van der Waals surface area contributed by atoms with Crippen LogP contribution in [0.25, 0.3) is 0 Å². The van der Waals surface area contributed by atoms with Gasteiger partial charge in [0.25, 0.3) is 0 Å². The predicted octanol–water partition coefficient (Wildman–Crippen LogP) is 4.30. The Bertz CT molecular complexity index is 354. The van der Waals surface area contributed by atoms with E-state index in [1.807, 2.05) is 0 Å². The minimum Gasteiger partial charge on any atom is -0.345 e. The molecule has 0 aliphatic carbocycles. The summed E-state index contributed by atoms with van der Waals surface area (Å²) in [7, 11) is 0. The van der Waals surface area contributed by atoms with Crippen molar-refractivity contribution >= 4 is 39.7 Å². The van der Waals surface area contributed by atoms with E-state index in [9.17, 15) is 0 Å². The summed E-state index contributed by atoms with van der Waals surface area (Å²) in [6.07, 6.45) is 5.03. The van der Waals surface area contributed by atoms with E-state index in [-0.39, 0.29) is 0 Å². The lowest BCUT2D eigenvalue weighted by Crippen LogP contribution is -2.39. The standard InChI is InChI=1S/C11H16Cl2N2S/c1-2-8-5-3-4-6-15(8)11-14-10(13)9(7-12)16-11/h8H,2-7H2,1H3. The van der Waals surface area contributed by atoms with Crippen molar-refractivity contribution in [2.75, 3.05) is 11.4 Å². The van der Waals surface area contributed by atoms with Crippen molar-refractivity contribution in [3.63, 3.8) is 0 Å². The van der Waals surface area contributed by atoms with Gasteiger partial charge in [0.15, 0.2) is 5.13 Å². The summed E-state index contributed by atoms with van der Waals surface area (Å²) in [5, 5.41) is 1.63. The quantitative estimate of drug-likeness (QED) is 0.767. The summed E-state index contributed by atoms with van der Waals surface area (Å²) in [4.78, 5) is 7.81. The third-order valence-corrected chi connectivity index (χ3v) is 5.05. The molecule has 0 saturated carbocycles. The van der Waals surface area contributed by atoms with Crippen molar-refractivity contribution in [1.29, 1.82) is 0 Å². The fourth-order valence-corrected chi connectivity index (χ4v) is 3.77. The number of aromatic nitrogens is 1. The number of rotatable bonds is 3. The molecule has 1 fully saturated rings. The molecule has 2 nitrogen and oxygen atoms in total. The van der Waals surface area contributed by atoms with Gasteiger partial charge in [-0.2, -0.15) is 0 Å². The normalized spacial score (nSPS) is 21.4. The Morgan fingerprint density at radius 2 is 2.31 bits per heavy atom. The number of nitrogens with zero attached hydrogens (tertiary/aromatic N) is 2. The monoisotopic (exact) mass is 278 g/mol. The zero-order valence-electron chi connectivity index (χ0n) is 9.38. The van der Waals surface area contributed by atoms with Gasteiger partial charge in [-0.1, -0.05) is 29.9 Å². The number of thiazole rings is 1. The average Bonchev–Trinajstić information content (AvgIpc) is 2.70. The van der Waals surface area contributed by atoms with Crippen LogP contribution in [0.5, 0.6) is 0 Å². The minimum atomic E-state index is 0.459. The molecule has 1 aromatic heterocycles. The summed E-state index contributed by atoms with van der Waals surface area (Å²) in [6.45, 7) is 3.34. The van der Waals surface area contributed by atoms with Crippen LogP contribution in [0.15, 0.2) is 0 Å². The van der Waals surface area contributed by atoms with E-state index < -0.39 is 0 Å². The third-order valence-electron chi connectivity index (χ3n) is 3.10. The molecule has 1 aromatic rings. The predicted molar refractivity (Wildman–Crippen MR) is 72.0 cm³/mol. The molecule has 0 bridgehead atoms. The molecule has 16 heavy (non-hydrogen) atoms. The van der Waals surface area contributed by atoms with Gasteiger partial charge < -0.3 is 4.90 Å². The second-order valence-electron chi connectivity index (χ2n) is 4.10. The molecule has 5 heteroatoms. The number of hydrogen-bond donors (Lipinski definition) is 0. The van der Waals surface area contributed by atoms with E-state index in [0.717, 1.165) is 16.6 Å². The SMILES string of the molecule is CCC1CCCCN1c1nc(Cl)c(CCl)s1. The molecular formula is C11H16Cl2N2S. The molecule has 1 aliphatic rings. The molecule has 0 radical (unpaired) electrons. The van der Waals surface area contributed by atoms with Crippen molar-refractivity contribution in [2.24, 2.45) is 0 Å². The van der Waals surface area contributed by atoms with Gasteiger partial charge in [0.1, 0.15) is 5.15 Å². The van der Waals surface area contributed by atoms with E-state index >= 15 is 0 Å². The minimum absolute atomic E-state index is 0.459. The van der Waals surface area contributed by atoms with Crippen molar-refractivity contribution in [3.8, 4) is 0 Å². The van der Waals surface area contributed by atoms with Crippen molar-refractivity contribution in [2.45, 2.75) is 44.5 Å². The molecule has 1 unspecified atom stereocenters. The van der Waals surface area contributed by atoms with Crippen LogP contribution in [-0.2, 0) is 5.88 Å². The number of piperidine rings is 1. The molecule has 2 rings (SSSR count). The summed E-state index contributed by atoms with van der Waals surface area (Å²) in [5.74, 6) is 0.459. The lowest BCUT2D eigenvalue weighted by molar-refractivity contribution is 0.449. The first kappa shape index (κ1) is 12.5. The van der Waals surface area contributed by atoms with Crippen molar-refractivity contribution in [3.05, 3.63) is 10.0 Å². The fraction of sp³-hybridized carbons (Fsp3) is 0.727. The molecular weight excluding hydrogens is 263 g/mol. The molecule has 90 valence electrons. The van der Waals surface area contributed by atoms with Gasteiger partial charge in [0.2, 0.25) is 0 Å². The highest BCUT2D eigenvalue weighted by Gasteiger charge is 2.24. The maximum absolute atomic E-state index is 6.04. The Morgan fingerprint density at radius 1 is 1.50 bits per heavy atom. The molecule has 1 aliphatic heterocycles. The van der Waals surface area contributed by atoms with Gasteiger partial charge >= 0.3 is 0 Å². The highest BCUT2D eigenvalue weighted by Crippen LogP contribution is 2.34. The molecule has 0 spiro atoms. The van der Waals surface area contributed by atoms with Gasteiger partial charge in [-0.05, 0) is 25.7 Å². The smallest absolute Gasteiger partial charge is 0.187 e. The molecule has 1 atom stereocenters. The number of anilines is 1. The van der Waals surface area contributed by atoms with E-state index in [1.165, 1.54) is 25.7 Å². The maximum atomic E-state index is 6.04. The Hall–Kier alpha value is 0.01000. The fourth-order valence-electron chi connectivity index (χ4n) is 2.20. The van der Waals surface area contributed by atoms with E-state index in [4.69, 9.17) is 23.2 Å².